The van der Waals surface area contributed by atoms with Gasteiger partial charge >= 0.3 is 0 Å². The normalized spacial score (nSPS) is 26.1. The third-order valence-electron chi connectivity index (χ3n) is 2.97. The maximum Gasteiger partial charge on any atom is 0.119 e. The zero-order chi connectivity index (χ0) is 10.5. The summed E-state index contributed by atoms with van der Waals surface area (Å²) in [5.41, 5.74) is 0.856. The number of hydrogen-bond donors (Lipinski definition) is 1. The topological polar surface area (TPSA) is 63.3 Å². The Morgan fingerprint density at radius 2 is 1.93 bits per heavy atom. The van der Waals surface area contributed by atoms with E-state index in [0.717, 1.165) is 25.0 Å². The van der Waals surface area contributed by atoms with Crippen LogP contribution in [0.5, 0.6) is 0 Å². The lowest BCUT2D eigenvalue weighted by Gasteiger charge is -2.21. The van der Waals surface area contributed by atoms with Crippen LogP contribution in [0.25, 0.3) is 0 Å². The minimum Gasteiger partial charge on any atom is -0.411 e. The molecular formula is C10H16N4O. The third-order valence-corrected chi connectivity index (χ3v) is 2.97. The lowest BCUT2D eigenvalue weighted by molar-refractivity contribution is 0.310. The molecule has 0 spiro atoms. The van der Waals surface area contributed by atoms with E-state index >= 15 is 0 Å². The maximum atomic E-state index is 9.01. The molecule has 1 N–H and O–H groups in total. The van der Waals surface area contributed by atoms with Crippen LogP contribution >= 0.6 is 0 Å². The second-order valence-electron chi connectivity index (χ2n) is 3.97. The van der Waals surface area contributed by atoms with Crippen molar-refractivity contribution < 1.29 is 5.21 Å². The molecule has 0 bridgehead atoms. The van der Waals surface area contributed by atoms with Gasteiger partial charge in [-0.3, -0.25) is 0 Å². The molecule has 1 aliphatic carbocycles. The largest absolute Gasteiger partial charge is 0.411 e. The summed E-state index contributed by atoms with van der Waals surface area (Å²) in [5.74, 6) is 0. The molecule has 1 saturated carbocycles. The molecule has 0 saturated heterocycles. The molecule has 0 amide bonds. The number of hydrogen-bond acceptors (Lipinski definition) is 4. The highest BCUT2D eigenvalue weighted by Crippen LogP contribution is 2.24. The SMILES string of the molecule is O/N=C1/CCCCCC[C@H]1n1cnnc1. The Balaban J connectivity index is 2.17. The van der Waals surface area contributed by atoms with Crippen molar-refractivity contribution in [2.45, 2.75) is 44.6 Å². The minimum absolute atomic E-state index is 0.144. The summed E-state index contributed by atoms with van der Waals surface area (Å²) in [6.07, 6.45) is 10.0. The maximum absolute atomic E-state index is 9.01. The first kappa shape index (κ1) is 10.1. The summed E-state index contributed by atoms with van der Waals surface area (Å²) in [4.78, 5) is 0. The second-order valence-corrected chi connectivity index (χ2v) is 3.97. The molecule has 1 aromatic rings. The van der Waals surface area contributed by atoms with Gasteiger partial charge in [-0.15, -0.1) is 10.2 Å². The quantitative estimate of drug-likeness (QED) is 0.567. The molecule has 15 heavy (non-hydrogen) atoms. The van der Waals surface area contributed by atoms with Gasteiger partial charge in [0.2, 0.25) is 0 Å². The van der Waals surface area contributed by atoms with Gasteiger partial charge in [-0.25, -0.2) is 0 Å². The average Bonchev–Trinajstić information content (AvgIpc) is 2.71. The zero-order valence-electron chi connectivity index (χ0n) is 8.71. The van der Waals surface area contributed by atoms with E-state index in [9.17, 15) is 0 Å². The van der Waals surface area contributed by atoms with Crippen molar-refractivity contribution in [2.24, 2.45) is 5.16 Å². The van der Waals surface area contributed by atoms with Gasteiger partial charge in [0.15, 0.2) is 0 Å². The highest BCUT2D eigenvalue weighted by molar-refractivity contribution is 5.87. The van der Waals surface area contributed by atoms with Gasteiger partial charge in [-0.05, 0) is 19.3 Å². The number of oxime groups is 1. The molecular weight excluding hydrogens is 192 g/mol. The van der Waals surface area contributed by atoms with Crippen molar-refractivity contribution in [3.63, 3.8) is 0 Å². The zero-order valence-corrected chi connectivity index (χ0v) is 8.71. The van der Waals surface area contributed by atoms with Crippen molar-refractivity contribution in [2.75, 3.05) is 0 Å². The van der Waals surface area contributed by atoms with Crippen LogP contribution in [-0.2, 0) is 0 Å². The fourth-order valence-electron chi connectivity index (χ4n) is 2.14. The molecule has 1 aliphatic rings. The van der Waals surface area contributed by atoms with Crippen LogP contribution in [0.3, 0.4) is 0 Å². The molecule has 5 heteroatoms. The highest BCUT2D eigenvalue weighted by Gasteiger charge is 2.19. The molecule has 0 unspecified atom stereocenters. The van der Waals surface area contributed by atoms with Gasteiger partial charge in [0.05, 0.1) is 11.8 Å². The van der Waals surface area contributed by atoms with Gasteiger partial charge < -0.3 is 9.77 Å². The Morgan fingerprint density at radius 3 is 2.67 bits per heavy atom. The molecule has 1 aromatic heterocycles. The van der Waals surface area contributed by atoms with Gasteiger partial charge in [0.1, 0.15) is 12.7 Å². The second kappa shape index (κ2) is 4.91. The highest BCUT2D eigenvalue weighted by atomic mass is 16.4. The standard InChI is InChI=1S/C10H16N4O/c15-13-9-5-3-1-2-4-6-10(9)14-7-11-12-8-14/h7-8,10,15H,1-6H2/b13-9-/t10-/m1/s1. The van der Waals surface area contributed by atoms with Crippen molar-refractivity contribution >= 4 is 5.71 Å². The molecule has 5 nitrogen and oxygen atoms in total. The van der Waals surface area contributed by atoms with Crippen LogP contribution in [0, 0.1) is 0 Å². The van der Waals surface area contributed by atoms with E-state index in [1.807, 2.05) is 4.57 Å². The van der Waals surface area contributed by atoms with Crippen LogP contribution in [0.2, 0.25) is 0 Å². The number of rotatable bonds is 1. The number of aromatic nitrogens is 3. The van der Waals surface area contributed by atoms with Gasteiger partial charge in [-0.1, -0.05) is 24.4 Å². The fourth-order valence-corrected chi connectivity index (χ4v) is 2.14. The predicted molar refractivity (Wildman–Crippen MR) is 56.0 cm³/mol. The third kappa shape index (κ3) is 2.34. The van der Waals surface area contributed by atoms with Crippen LogP contribution in [0.15, 0.2) is 17.8 Å². The number of nitrogens with zero attached hydrogens (tertiary/aromatic N) is 4. The van der Waals surface area contributed by atoms with E-state index in [0.29, 0.717) is 0 Å². The van der Waals surface area contributed by atoms with Crippen molar-refractivity contribution in [1.29, 1.82) is 0 Å². The van der Waals surface area contributed by atoms with Crippen molar-refractivity contribution in [3.8, 4) is 0 Å². The smallest absolute Gasteiger partial charge is 0.119 e. The van der Waals surface area contributed by atoms with E-state index in [-0.39, 0.29) is 6.04 Å². The summed E-state index contributed by atoms with van der Waals surface area (Å²) in [6, 6.07) is 0.144. The summed E-state index contributed by atoms with van der Waals surface area (Å²) in [5, 5.41) is 20.0. The molecule has 0 aromatic carbocycles. The Kier molecular flexibility index (Phi) is 3.32. The Bertz CT molecular complexity index is 320. The monoisotopic (exact) mass is 208 g/mol. The Labute approximate surface area is 88.8 Å². The minimum atomic E-state index is 0.144. The Hall–Kier alpha value is -1.39. The lowest BCUT2D eigenvalue weighted by atomic mass is 9.95. The van der Waals surface area contributed by atoms with Crippen molar-refractivity contribution in [1.82, 2.24) is 14.8 Å². The molecule has 0 radical (unpaired) electrons. The van der Waals surface area contributed by atoms with Crippen molar-refractivity contribution in [3.05, 3.63) is 12.7 Å². The molecule has 1 heterocycles. The molecule has 0 aliphatic heterocycles. The lowest BCUT2D eigenvalue weighted by Crippen LogP contribution is -2.20. The molecule has 2 rings (SSSR count). The van der Waals surface area contributed by atoms with Gasteiger partial charge in [0.25, 0.3) is 0 Å². The van der Waals surface area contributed by atoms with Crippen LogP contribution < -0.4 is 0 Å². The van der Waals surface area contributed by atoms with E-state index < -0.39 is 0 Å². The summed E-state index contributed by atoms with van der Waals surface area (Å²) in [7, 11) is 0. The fraction of sp³-hybridized carbons (Fsp3) is 0.700. The van der Waals surface area contributed by atoms with Gasteiger partial charge in [0, 0.05) is 0 Å². The van der Waals surface area contributed by atoms with Gasteiger partial charge in [-0.2, -0.15) is 0 Å². The first-order chi connectivity index (χ1) is 7.42. The molecule has 82 valence electrons. The Morgan fingerprint density at radius 1 is 1.20 bits per heavy atom. The predicted octanol–water partition coefficient (Wildman–Crippen LogP) is 2.00. The first-order valence-corrected chi connectivity index (χ1v) is 5.47. The average molecular weight is 208 g/mol. The van der Waals surface area contributed by atoms with E-state index in [1.165, 1.54) is 19.3 Å². The van der Waals surface area contributed by atoms with E-state index in [4.69, 9.17) is 5.21 Å². The summed E-state index contributed by atoms with van der Waals surface area (Å²) >= 11 is 0. The first-order valence-electron chi connectivity index (χ1n) is 5.47. The van der Waals surface area contributed by atoms with Crippen LogP contribution in [-0.4, -0.2) is 25.7 Å². The van der Waals surface area contributed by atoms with E-state index in [1.54, 1.807) is 12.7 Å². The molecule has 1 fully saturated rings. The van der Waals surface area contributed by atoms with Crippen LogP contribution in [0.1, 0.15) is 44.6 Å². The van der Waals surface area contributed by atoms with E-state index in [2.05, 4.69) is 15.4 Å². The van der Waals surface area contributed by atoms with Crippen LogP contribution in [0.4, 0.5) is 0 Å². The summed E-state index contributed by atoms with van der Waals surface area (Å²) in [6.45, 7) is 0. The summed E-state index contributed by atoms with van der Waals surface area (Å²) < 4.78 is 1.93. The molecule has 1 atom stereocenters.